The minimum absolute atomic E-state index is 0.146. The predicted molar refractivity (Wildman–Crippen MR) is 114 cm³/mol. The molecule has 0 radical (unpaired) electrons. The van der Waals surface area contributed by atoms with Crippen LogP contribution in [0.3, 0.4) is 0 Å². The highest BCUT2D eigenvalue weighted by molar-refractivity contribution is 5.89. The summed E-state index contributed by atoms with van der Waals surface area (Å²) in [7, 11) is 0. The van der Waals surface area contributed by atoms with Crippen molar-refractivity contribution < 1.29 is 14.3 Å². The zero-order valence-corrected chi connectivity index (χ0v) is 17.9. The van der Waals surface area contributed by atoms with Crippen LogP contribution in [0.15, 0.2) is 18.2 Å². The van der Waals surface area contributed by atoms with Gasteiger partial charge in [0.2, 0.25) is 0 Å². The van der Waals surface area contributed by atoms with E-state index in [4.69, 9.17) is 14.9 Å². The fraction of sp³-hybridized carbons (Fsp3) is 0.680. The van der Waals surface area contributed by atoms with Crippen LogP contribution in [-0.2, 0) is 11.2 Å². The van der Waals surface area contributed by atoms with E-state index in [1.807, 2.05) is 11.0 Å². The summed E-state index contributed by atoms with van der Waals surface area (Å²) < 4.78 is 11.3. The average Bonchev–Trinajstić information content (AvgIpc) is 3.42. The Morgan fingerprint density at radius 3 is 2.77 bits per heavy atom. The number of likely N-dealkylation sites (tertiary alicyclic amines) is 1. The van der Waals surface area contributed by atoms with E-state index in [0.717, 1.165) is 51.3 Å². The minimum atomic E-state index is -0.212. The lowest BCUT2D eigenvalue weighted by Gasteiger charge is -2.49. The average molecular weight is 409 g/mol. The first-order valence-corrected chi connectivity index (χ1v) is 11.8. The van der Waals surface area contributed by atoms with Crippen LogP contribution in [-0.4, -0.2) is 43.0 Å². The molecule has 30 heavy (non-hydrogen) atoms. The van der Waals surface area contributed by atoms with Gasteiger partial charge in [-0.05, 0) is 79.5 Å². The minimum Gasteiger partial charge on any atom is -0.410 e. The summed E-state index contributed by atoms with van der Waals surface area (Å²) in [5, 5.41) is 8.47. The first-order chi connectivity index (χ1) is 14.5. The summed E-state index contributed by atoms with van der Waals surface area (Å²) in [5.41, 5.74) is 3.98. The van der Waals surface area contributed by atoms with Gasteiger partial charge in [0.1, 0.15) is 5.75 Å². The van der Waals surface area contributed by atoms with Gasteiger partial charge in [-0.25, -0.2) is 4.79 Å². The molecule has 160 valence electrons. The van der Waals surface area contributed by atoms with Crippen molar-refractivity contribution in [1.82, 2.24) is 4.90 Å². The molecule has 2 aliphatic heterocycles. The van der Waals surface area contributed by atoms with Crippen molar-refractivity contribution in [3.05, 3.63) is 29.3 Å². The molecule has 6 unspecified atom stereocenters. The first kappa shape index (κ1) is 18.9. The highest BCUT2D eigenvalue weighted by Crippen LogP contribution is 2.59. The number of carbonyl (C=O) groups is 1. The molecule has 2 heterocycles. The van der Waals surface area contributed by atoms with E-state index in [9.17, 15) is 4.79 Å². The second-order valence-corrected chi connectivity index (χ2v) is 10.6. The van der Waals surface area contributed by atoms with Crippen molar-refractivity contribution in [3.63, 3.8) is 0 Å². The van der Waals surface area contributed by atoms with Crippen molar-refractivity contribution in [1.29, 1.82) is 5.41 Å². The standard InChI is InChI=1S/C25H32N2O3/c1-25-9-8-20-19-5-3-18(30-24(28)27-11-16-13-29-14-17(16)12-27)10-15(19)2-4-21(20)22(25)6-7-23(25)26/h3,5,10,16-17,20-22,26H,2,4,6-9,11-14H2,1H3. The molecule has 5 aliphatic rings. The van der Waals surface area contributed by atoms with Crippen molar-refractivity contribution >= 4 is 11.8 Å². The van der Waals surface area contributed by atoms with Crippen LogP contribution < -0.4 is 4.74 Å². The predicted octanol–water partition coefficient (Wildman–Crippen LogP) is 4.64. The number of carbonyl (C=O) groups excluding carboxylic acids is 1. The van der Waals surface area contributed by atoms with E-state index in [-0.39, 0.29) is 11.5 Å². The fourth-order valence-electron chi connectivity index (χ4n) is 7.44. The van der Waals surface area contributed by atoms with Gasteiger partial charge < -0.3 is 19.8 Å². The number of rotatable bonds is 1. The molecule has 4 fully saturated rings. The quantitative estimate of drug-likeness (QED) is 0.736. The summed E-state index contributed by atoms with van der Waals surface area (Å²) in [6.45, 7) is 5.41. The second-order valence-electron chi connectivity index (χ2n) is 10.6. The SMILES string of the molecule is CC12CCC3c4ccc(OC(=O)N5CC6COCC6C5)cc4CCC3C1CCC2=N. The van der Waals surface area contributed by atoms with Gasteiger partial charge in [-0.2, -0.15) is 0 Å². The van der Waals surface area contributed by atoms with Crippen molar-refractivity contribution in [2.75, 3.05) is 26.3 Å². The molecular formula is C25H32N2O3. The van der Waals surface area contributed by atoms with E-state index in [1.54, 1.807) is 0 Å². The van der Waals surface area contributed by atoms with Gasteiger partial charge in [-0.3, -0.25) is 0 Å². The van der Waals surface area contributed by atoms with Crippen LogP contribution in [0.4, 0.5) is 4.79 Å². The van der Waals surface area contributed by atoms with Crippen LogP contribution in [0, 0.1) is 34.5 Å². The zero-order valence-electron chi connectivity index (χ0n) is 17.9. The third kappa shape index (κ3) is 2.77. The topological polar surface area (TPSA) is 62.6 Å². The third-order valence-electron chi connectivity index (χ3n) is 9.19. The maximum Gasteiger partial charge on any atom is 0.415 e. The Morgan fingerprint density at radius 2 is 1.97 bits per heavy atom. The zero-order chi connectivity index (χ0) is 20.5. The number of benzene rings is 1. The highest BCUT2D eigenvalue weighted by atomic mass is 16.6. The summed E-state index contributed by atoms with van der Waals surface area (Å²) in [6.07, 6.45) is 6.59. The first-order valence-electron chi connectivity index (χ1n) is 11.8. The van der Waals surface area contributed by atoms with Gasteiger partial charge in [-0.1, -0.05) is 13.0 Å². The molecule has 5 heteroatoms. The number of fused-ring (bicyclic) bond motifs is 6. The Morgan fingerprint density at radius 1 is 1.17 bits per heavy atom. The number of aryl methyl sites for hydroxylation is 1. The molecule has 3 aliphatic carbocycles. The molecule has 1 aromatic carbocycles. The monoisotopic (exact) mass is 408 g/mol. The lowest BCUT2D eigenvalue weighted by molar-refractivity contribution is 0.0952. The number of hydrogen-bond acceptors (Lipinski definition) is 4. The van der Waals surface area contributed by atoms with Gasteiger partial charge in [0.05, 0.1) is 13.2 Å². The van der Waals surface area contributed by atoms with Gasteiger partial charge in [-0.15, -0.1) is 0 Å². The van der Waals surface area contributed by atoms with E-state index in [2.05, 4.69) is 19.1 Å². The van der Waals surface area contributed by atoms with E-state index in [0.29, 0.717) is 35.3 Å². The number of nitrogens with zero attached hydrogens (tertiary/aromatic N) is 1. The van der Waals surface area contributed by atoms with Gasteiger partial charge >= 0.3 is 6.09 Å². The molecular weight excluding hydrogens is 376 g/mol. The molecule has 1 aromatic rings. The normalized spacial score (nSPS) is 39.3. The second kappa shape index (κ2) is 6.81. The Bertz CT molecular complexity index is 886. The van der Waals surface area contributed by atoms with Gasteiger partial charge in [0, 0.05) is 36.1 Å². The molecule has 0 aromatic heterocycles. The molecule has 0 bridgehead atoms. The molecule has 0 spiro atoms. The largest absolute Gasteiger partial charge is 0.415 e. The molecule has 6 atom stereocenters. The summed E-state index contributed by atoms with van der Waals surface area (Å²) in [5.74, 6) is 3.64. The maximum atomic E-state index is 12.7. The smallest absolute Gasteiger partial charge is 0.410 e. The van der Waals surface area contributed by atoms with Crippen molar-refractivity contribution in [2.45, 2.75) is 51.4 Å². The molecule has 1 amide bonds. The lowest BCUT2D eigenvalue weighted by atomic mass is 9.55. The van der Waals surface area contributed by atoms with Gasteiger partial charge in [0.15, 0.2) is 0 Å². The van der Waals surface area contributed by atoms with E-state index >= 15 is 0 Å². The third-order valence-corrected chi connectivity index (χ3v) is 9.19. The molecule has 1 N–H and O–H groups in total. The van der Waals surface area contributed by atoms with Crippen LogP contribution in [0.2, 0.25) is 0 Å². The van der Waals surface area contributed by atoms with Crippen molar-refractivity contribution in [2.24, 2.45) is 29.1 Å². The number of hydrogen-bond donors (Lipinski definition) is 1. The Balaban J connectivity index is 1.17. The Labute approximate surface area is 178 Å². The number of nitrogens with one attached hydrogen (secondary N) is 1. The summed E-state index contributed by atoms with van der Waals surface area (Å²) in [4.78, 5) is 14.5. The molecule has 6 rings (SSSR count). The van der Waals surface area contributed by atoms with Crippen molar-refractivity contribution in [3.8, 4) is 5.75 Å². The van der Waals surface area contributed by atoms with Crippen LogP contribution in [0.1, 0.15) is 56.1 Å². The Hall–Kier alpha value is -1.88. The Kier molecular flexibility index (Phi) is 4.28. The van der Waals surface area contributed by atoms with E-state index < -0.39 is 0 Å². The van der Waals surface area contributed by atoms with Crippen LogP contribution in [0.25, 0.3) is 0 Å². The summed E-state index contributed by atoms with van der Waals surface area (Å²) in [6, 6.07) is 6.35. The lowest BCUT2D eigenvalue weighted by Crippen LogP contribution is -2.42. The number of ether oxygens (including phenoxy) is 2. The number of amides is 1. The maximum absolute atomic E-state index is 12.7. The van der Waals surface area contributed by atoms with E-state index in [1.165, 1.54) is 30.4 Å². The molecule has 2 saturated carbocycles. The van der Waals surface area contributed by atoms with Crippen LogP contribution >= 0.6 is 0 Å². The van der Waals surface area contributed by atoms with Crippen LogP contribution in [0.5, 0.6) is 5.75 Å². The van der Waals surface area contributed by atoms with Gasteiger partial charge in [0.25, 0.3) is 0 Å². The summed E-state index contributed by atoms with van der Waals surface area (Å²) >= 11 is 0. The highest BCUT2D eigenvalue weighted by Gasteiger charge is 2.52. The fourth-order valence-corrected chi connectivity index (χ4v) is 7.44. The molecule has 2 saturated heterocycles. The molecule has 5 nitrogen and oxygen atoms in total.